The molecular weight excluding hydrogens is 318 g/mol. The molecule has 0 aliphatic rings. The van der Waals surface area contributed by atoms with E-state index in [1.54, 1.807) is 48.5 Å². The maximum Gasteiger partial charge on any atom is 0.278 e. The molecule has 0 bridgehead atoms. The number of rotatable bonds is 5. The van der Waals surface area contributed by atoms with Crippen LogP contribution in [0.4, 0.5) is 5.69 Å². The Morgan fingerprint density at radius 1 is 1.22 bits per heavy atom. The summed E-state index contributed by atoms with van der Waals surface area (Å²) in [5.41, 5.74) is 0.871. The zero-order valence-corrected chi connectivity index (χ0v) is 13.0. The van der Waals surface area contributed by atoms with Gasteiger partial charge in [0.1, 0.15) is 5.75 Å². The van der Waals surface area contributed by atoms with E-state index < -0.39 is 0 Å². The Balaban J connectivity index is 2.41. The third kappa shape index (κ3) is 4.31. The number of carbonyl (C=O) groups is 1. The number of halogens is 1. The average Bonchev–Trinajstić information content (AvgIpc) is 2.58. The zero-order valence-electron chi connectivity index (χ0n) is 12.3. The highest BCUT2D eigenvalue weighted by molar-refractivity contribution is 6.31. The smallest absolute Gasteiger partial charge is 0.278 e. The van der Waals surface area contributed by atoms with Crippen LogP contribution in [0, 0.1) is 0 Å². The van der Waals surface area contributed by atoms with Crippen molar-refractivity contribution in [1.29, 1.82) is 0 Å². The fourth-order valence-corrected chi connectivity index (χ4v) is 2.03. The Bertz CT molecular complexity index is 747. The van der Waals surface area contributed by atoms with Gasteiger partial charge in [0, 0.05) is 10.6 Å². The van der Waals surface area contributed by atoms with Crippen molar-refractivity contribution in [3.8, 4) is 5.75 Å². The number of oxime groups is 1. The van der Waals surface area contributed by atoms with E-state index in [1.165, 1.54) is 13.3 Å². The van der Waals surface area contributed by atoms with Gasteiger partial charge >= 0.3 is 0 Å². The molecule has 0 aliphatic carbocycles. The van der Waals surface area contributed by atoms with Crippen LogP contribution in [0.2, 0.25) is 5.02 Å². The molecule has 6 nitrogen and oxygen atoms in total. The minimum atomic E-state index is -0.381. The number of anilines is 1. The first-order chi connectivity index (χ1) is 11.2. The largest absolute Gasteiger partial charge is 0.497 e. The van der Waals surface area contributed by atoms with Gasteiger partial charge in [-0.2, -0.15) is 10.1 Å². The fraction of sp³-hybridized carbons (Fsp3) is 0.0625. The molecule has 118 valence electrons. The second kappa shape index (κ2) is 7.95. The second-order valence-electron chi connectivity index (χ2n) is 4.36. The van der Waals surface area contributed by atoms with Crippen molar-refractivity contribution < 1.29 is 14.7 Å². The van der Waals surface area contributed by atoms with Crippen LogP contribution in [0.3, 0.4) is 0 Å². The van der Waals surface area contributed by atoms with Gasteiger partial charge in [-0.25, -0.2) is 0 Å². The van der Waals surface area contributed by atoms with Crippen molar-refractivity contribution in [2.45, 2.75) is 0 Å². The van der Waals surface area contributed by atoms with Gasteiger partial charge < -0.3 is 9.94 Å². The molecule has 23 heavy (non-hydrogen) atoms. The monoisotopic (exact) mass is 331 g/mol. The van der Waals surface area contributed by atoms with Crippen molar-refractivity contribution in [3.63, 3.8) is 0 Å². The number of methoxy groups -OCH3 is 1. The van der Waals surface area contributed by atoms with Gasteiger partial charge in [-0.15, -0.1) is 0 Å². The van der Waals surface area contributed by atoms with E-state index in [4.69, 9.17) is 21.5 Å². The molecule has 2 rings (SSSR count). The normalized spacial score (nSPS) is 11.0. The molecule has 1 N–H and O–H groups in total. The van der Waals surface area contributed by atoms with E-state index in [0.717, 1.165) is 11.2 Å². The van der Waals surface area contributed by atoms with E-state index in [1.807, 2.05) is 0 Å². The van der Waals surface area contributed by atoms with Gasteiger partial charge in [0.15, 0.2) is 0 Å². The first kappa shape index (κ1) is 16.5. The molecule has 0 atom stereocenters. The van der Waals surface area contributed by atoms with Crippen LogP contribution in [0.25, 0.3) is 0 Å². The third-order valence-electron chi connectivity index (χ3n) is 2.88. The van der Waals surface area contributed by atoms with Crippen LogP contribution in [-0.2, 0) is 0 Å². The topological polar surface area (TPSA) is 74.5 Å². The average molecular weight is 332 g/mol. The summed E-state index contributed by atoms with van der Waals surface area (Å²) in [6.45, 7) is 0. The SMILES string of the molecule is COc1cccc(C(=O)N(N=CC=NO)c2cccc(Cl)c2)c1. The predicted octanol–water partition coefficient (Wildman–Crippen LogP) is 3.44. The Kier molecular flexibility index (Phi) is 5.71. The first-order valence-corrected chi connectivity index (χ1v) is 6.97. The number of benzene rings is 2. The van der Waals surface area contributed by atoms with Gasteiger partial charge in [-0.1, -0.05) is 28.9 Å². The maximum atomic E-state index is 12.7. The number of ether oxygens (including phenoxy) is 1. The van der Waals surface area contributed by atoms with Crippen molar-refractivity contribution >= 4 is 35.6 Å². The van der Waals surface area contributed by atoms with Gasteiger partial charge in [0.2, 0.25) is 0 Å². The van der Waals surface area contributed by atoms with Crippen molar-refractivity contribution in [3.05, 3.63) is 59.1 Å². The molecule has 0 radical (unpaired) electrons. The Morgan fingerprint density at radius 2 is 2.00 bits per heavy atom. The summed E-state index contributed by atoms with van der Waals surface area (Å²) in [4.78, 5) is 12.7. The molecular formula is C16H14ClN3O3. The molecule has 0 unspecified atom stereocenters. The lowest BCUT2D eigenvalue weighted by atomic mass is 10.2. The lowest BCUT2D eigenvalue weighted by Gasteiger charge is -2.17. The van der Waals surface area contributed by atoms with E-state index in [-0.39, 0.29) is 5.91 Å². The van der Waals surface area contributed by atoms with Crippen molar-refractivity contribution in [2.75, 3.05) is 12.1 Å². The van der Waals surface area contributed by atoms with E-state index in [2.05, 4.69) is 10.3 Å². The van der Waals surface area contributed by atoms with Gasteiger partial charge in [-0.05, 0) is 36.4 Å². The number of nitrogens with zero attached hydrogens (tertiary/aromatic N) is 3. The van der Waals surface area contributed by atoms with Crippen LogP contribution in [0.5, 0.6) is 5.75 Å². The lowest BCUT2D eigenvalue weighted by Crippen LogP contribution is -2.25. The molecule has 2 aromatic rings. The standard InChI is InChI=1S/C16H14ClN3O3/c1-23-15-7-2-4-12(10-15)16(21)20(18-8-9-19-22)14-6-3-5-13(17)11-14/h2-11,22H,1H3. The number of hydrazone groups is 1. The fourth-order valence-electron chi connectivity index (χ4n) is 1.85. The van der Waals surface area contributed by atoms with Gasteiger partial charge in [0.05, 0.1) is 25.2 Å². The van der Waals surface area contributed by atoms with Crippen LogP contribution in [0.1, 0.15) is 10.4 Å². The van der Waals surface area contributed by atoms with Crippen molar-refractivity contribution in [1.82, 2.24) is 0 Å². The maximum absolute atomic E-state index is 12.7. The summed E-state index contributed by atoms with van der Waals surface area (Å²) in [7, 11) is 1.52. The molecule has 0 aliphatic heterocycles. The number of amides is 1. The van der Waals surface area contributed by atoms with Gasteiger partial charge in [0.25, 0.3) is 5.91 Å². The molecule has 1 amide bonds. The number of hydrogen-bond acceptors (Lipinski definition) is 5. The minimum absolute atomic E-state index is 0.381. The third-order valence-corrected chi connectivity index (χ3v) is 3.11. The summed E-state index contributed by atoms with van der Waals surface area (Å²) in [6.07, 6.45) is 2.25. The second-order valence-corrected chi connectivity index (χ2v) is 4.79. The highest BCUT2D eigenvalue weighted by Gasteiger charge is 2.17. The summed E-state index contributed by atoms with van der Waals surface area (Å²) in [5, 5.41) is 16.9. The molecule has 0 aromatic heterocycles. The Hall–Kier alpha value is -2.86. The zero-order chi connectivity index (χ0) is 16.7. The number of carbonyl (C=O) groups excluding carboxylic acids is 1. The molecule has 0 heterocycles. The lowest BCUT2D eigenvalue weighted by molar-refractivity contribution is 0.0987. The molecule has 0 saturated heterocycles. The summed E-state index contributed by atoms with van der Waals surface area (Å²) >= 11 is 5.97. The molecule has 0 fully saturated rings. The summed E-state index contributed by atoms with van der Waals surface area (Å²) in [6, 6.07) is 13.4. The van der Waals surface area contributed by atoms with Crippen LogP contribution < -0.4 is 9.75 Å². The molecule has 2 aromatic carbocycles. The summed E-state index contributed by atoms with van der Waals surface area (Å²) < 4.78 is 5.12. The van der Waals surface area contributed by atoms with Crippen LogP contribution in [0.15, 0.2) is 58.8 Å². The Morgan fingerprint density at radius 3 is 2.70 bits per heavy atom. The van der Waals surface area contributed by atoms with E-state index >= 15 is 0 Å². The predicted molar refractivity (Wildman–Crippen MR) is 90.0 cm³/mol. The molecule has 7 heteroatoms. The minimum Gasteiger partial charge on any atom is -0.497 e. The Labute approximate surface area is 138 Å². The molecule has 0 saturated carbocycles. The summed E-state index contributed by atoms with van der Waals surface area (Å²) in [5.74, 6) is 0.177. The highest BCUT2D eigenvalue weighted by atomic mass is 35.5. The van der Waals surface area contributed by atoms with E-state index in [9.17, 15) is 4.79 Å². The number of hydrogen-bond donors (Lipinski definition) is 1. The van der Waals surface area contributed by atoms with Crippen molar-refractivity contribution in [2.24, 2.45) is 10.3 Å². The quantitative estimate of drug-likeness (QED) is 0.518. The first-order valence-electron chi connectivity index (χ1n) is 6.60. The van der Waals surface area contributed by atoms with Gasteiger partial charge in [-0.3, -0.25) is 4.79 Å². The molecule has 0 spiro atoms. The highest BCUT2D eigenvalue weighted by Crippen LogP contribution is 2.23. The van der Waals surface area contributed by atoms with Crippen LogP contribution in [-0.4, -0.2) is 30.7 Å². The van der Waals surface area contributed by atoms with Crippen LogP contribution >= 0.6 is 11.6 Å². The van der Waals surface area contributed by atoms with E-state index in [0.29, 0.717) is 22.0 Å².